The number of rotatable bonds is 5. The second kappa shape index (κ2) is 7.83. The molecule has 0 saturated carbocycles. The van der Waals surface area contributed by atoms with Gasteiger partial charge in [-0.1, -0.05) is 18.2 Å². The van der Waals surface area contributed by atoms with Gasteiger partial charge in [-0.25, -0.2) is 0 Å². The van der Waals surface area contributed by atoms with Gasteiger partial charge >= 0.3 is 0 Å². The van der Waals surface area contributed by atoms with Gasteiger partial charge in [-0.3, -0.25) is 9.48 Å². The highest BCUT2D eigenvalue weighted by atomic mass is 16.5. The van der Waals surface area contributed by atoms with E-state index in [0.29, 0.717) is 43.9 Å². The van der Waals surface area contributed by atoms with E-state index in [2.05, 4.69) is 10.4 Å². The van der Waals surface area contributed by atoms with Crippen LogP contribution < -0.4 is 10.1 Å². The molecule has 1 saturated heterocycles. The molecule has 1 aromatic carbocycles. The second-order valence-electron chi connectivity index (χ2n) is 7.66. The van der Waals surface area contributed by atoms with Gasteiger partial charge < -0.3 is 20.1 Å². The zero-order valence-corrected chi connectivity index (χ0v) is 16.3. The fourth-order valence-corrected chi connectivity index (χ4v) is 4.11. The number of aliphatic hydroxyl groups excluding tert-OH is 1. The number of aromatic nitrogens is 2. The minimum absolute atomic E-state index is 0.161. The normalized spacial score (nSPS) is 20.5. The Balaban J connectivity index is 1.30. The van der Waals surface area contributed by atoms with Crippen LogP contribution in [0.15, 0.2) is 36.5 Å². The van der Waals surface area contributed by atoms with Crippen LogP contribution >= 0.6 is 0 Å². The van der Waals surface area contributed by atoms with Crippen molar-refractivity contribution in [3.8, 4) is 5.75 Å². The number of nitrogens with one attached hydrogen (secondary N) is 1. The molecule has 0 radical (unpaired) electrons. The minimum Gasteiger partial charge on any atom is -0.483 e. The molecule has 1 unspecified atom stereocenters. The number of hydrogen-bond acceptors (Lipinski definition) is 5. The fraction of sp³-hybridized carbons (Fsp3) is 0.524. The van der Waals surface area contributed by atoms with E-state index in [1.54, 1.807) is 4.68 Å². The number of fused-ring (bicyclic) bond motifs is 1. The second-order valence-corrected chi connectivity index (χ2v) is 7.66. The van der Waals surface area contributed by atoms with E-state index in [-0.39, 0.29) is 5.91 Å². The molecule has 0 aliphatic carbocycles. The number of benzene rings is 1. The van der Waals surface area contributed by atoms with Crippen LogP contribution in [0.2, 0.25) is 0 Å². The maximum Gasteiger partial charge on any atom is 0.224 e. The number of para-hydroxylation sites is 1. The smallest absolute Gasteiger partial charge is 0.224 e. The van der Waals surface area contributed by atoms with Crippen molar-refractivity contribution in [2.45, 2.75) is 50.9 Å². The standard InChI is InChI=1S/C21H28N4O3/c1-2-25-15-18-20(23-25)17(26)14-21(28-18)9-12-24(13-10-21)19(27)8-11-22-16-6-4-3-5-7-16/h3-7,15,17,22,26H,2,8-14H2,1H3. The van der Waals surface area contributed by atoms with E-state index in [1.165, 1.54) is 0 Å². The maximum absolute atomic E-state index is 12.5. The molecule has 7 nitrogen and oxygen atoms in total. The SMILES string of the molecule is CCn1cc2c(n1)C(O)CC1(CCN(C(=O)CCNc3ccccc3)CC1)O2. The molecule has 1 atom stereocenters. The third kappa shape index (κ3) is 3.85. The number of piperidine rings is 1. The third-order valence-corrected chi connectivity index (χ3v) is 5.76. The van der Waals surface area contributed by atoms with Crippen LogP contribution in [0.4, 0.5) is 5.69 Å². The van der Waals surface area contributed by atoms with Gasteiger partial charge in [0.15, 0.2) is 5.75 Å². The summed E-state index contributed by atoms with van der Waals surface area (Å²) < 4.78 is 8.08. The Bertz CT molecular complexity index is 812. The van der Waals surface area contributed by atoms with Crippen LogP contribution in [-0.4, -0.2) is 50.9 Å². The highest BCUT2D eigenvalue weighted by molar-refractivity contribution is 5.76. The highest BCUT2D eigenvalue weighted by Crippen LogP contribution is 2.43. The molecular formula is C21H28N4O3. The number of aliphatic hydroxyl groups is 1. The van der Waals surface area contributed by atoms with Gasteiger partial charge in [0, 0.05) is 57.5 Å². The van der Waals surface area contributed by atoms with E-state index in [1.807, 2.05) is 48.4 Å². The van der Waals surface area contributed by atoms with Crippen molar-refractivity contribution >= 4 is 11.6 Å². The molecule has 1 fully saturated rings. The van der Waals surface area contributed by atoms with E-state index in [4.69, 9.17) is 4.74 Å². The van der Waals surface area contributed by atoms with Gasteiger partial charge in [0.25, 0.3) is 0 Å². The van der Waals surface area contributed by atoms with Crippen LogP contribution in [0, 0.1) is 0 Å². The molecule has 0 bridgehead atoms. The average molecular weight is 384 g/mol. The van der Waals surface area contributed by atoms with Crippen LogP contribution in [0.5, 0.6) is 5.75 Å². The summed E-state index contributed by atoms with van der Waals surface area (Å²) in [4.78, 5) is 14.5. The highest BCUT2D eigenvalue weighted by Gasteiger charge is 2.44. The Labute approximate surface area is 165 Å². The van der Waals surface area contributed by atoms with Crippen molar-refractivity contribution in [2.75, 3.05) is 25.0 Å². The number of amides is 1. The lowest BCUT2D eigenvalue weighted by Gasteiger charge is -2.44. The largest absolute Gasteiger partial charge is 0.483 e. The number of carbonyl (C=O) groups excluding carboxylic acids is 1. The molecule has 1 aromatic heterocycles. The van der Waals surface area contributed by atoms with Gasteiger partial charge in [-0.05, 0) is 19.1 Å². The average Bonchev–Trinajstić information content (AvgIpc) is 3.13. The fourth-order valence-electron chi connectivity index (χ4n) is 4.11. The Morgan fingerprint density at radius 3 is 2.79 bits per heavy atom. The van der Waals surface area contributed by atoms with Crippen LogP contribution in [0.3, 0.4) is 0 Å². The van der Waals surface area contributed by atoms with Crippen molar-refractivity contribution in [3.05, 3.63) is 42.2 Å². The van der Waals surface area contributed by atoms with Gasteiger partial charge in [0.2, 0.25) is 5.91 Å². The Hall–Kier alpha value is -2.54. The summed E-state index contributed by atoms with van der Waals surface area (Å²) in [7, 11) is 0. The number of ether oxygens (including phenoxy) is 1. The molecule has 1 amide bonds. The molecule has 3 heterocycles. The number of aryl methyl sites for hydroxylation is 1. The number of nitrogens with zero attached hydrogens (tertiary/aromatic N) is 3. The predicted octanol–water partition coefficient (Wildman–Crippen LogP) is 2.58. The summed E-state index contributed by atoms with van der Waals surface area (Å²) in [5, 5.41) is 18.2. The quantitative estimate of drug-likeness (QED) is 0.828. The summed E-state index contributed by atoms with van der Waals surface area (Å²) in [5.41, 5.74) is 1.27. The first kappa shape index (κ1) is 18.8. The summed E-state index contributed by atoms with van der Waals surface area (Å²) in [6.45, 7) is 4.70. The van der Waals surface area contributed by atoms with E-state index < -0.39 is 11.7 Å². The van der Waals surface area contributed by atoms with Crippen molar-refractivity contribution in [1.29, 1.82) is 0 Å². The maximum atomic E-state index is 12.5. The Kier molecular flexibility index (Phi) is 5.26. The van der Waals surface area contributed by atoms with Crippen molar-refractivity contribution in [3.63, 3.8) is 0 Å². The number of anilines is 1. The van der Waals surface area contributed by atoms with E-state index in [9.17, 15) is 9.90 Å². The van der Waals surface area contributed by atoms with Gasteiger partial charge in [0.05, 0.1) is 6.20 Å². The summed E-state index contributed by atoms with van der Waals surface area (Å²) >= 11 is 0. The van der Waals surface area contributed by atoms with Crippen molar-refractivity contribution in [2.24, 2.45) is 0 Å². The molecule has 2 N–H and O–H groups in total. The molecule has 150 valence electrons. The van der Waals surface area contributed by atoms with Gasteiger partial charge in [-0.2, -0.15) is 5.10 Å². The molecule has 2 aliphatic heterocycles. The summed E-state index contributed by atoms with van der Waals surface area (Å²) in [5.74, 6) is 0.849. The molecule has 4 rings (SSSR count). The topological polar surface area (TPSA) is 79.6 Å². The lowest BCUT2D eigenvalue weighted by atomic mass is 9.83. The third-order valence-electron chi connectivity index (χ3n) is 5.76. The monoisotopic (exact) mass is 384 g/mol. The van der Waals surface area contributed by atoms with Crippen LogP contribution in [-0.2, 0) is 11.3 Å². The first-order valence-corrected chi connectivity index (χ1v) is 10.1. The van der Waals surface area contributed by atoms with Crippen LogP contribution in [0.1, 0.15) is 44.4 Å². The first-order chi connectivity index (χ1) is 13.6. The lowest BCUT2D eigenvalue weighted by molar-refractivity contribution is -0.135. The molecular weight excluding hydrogens is 356 g/mol. The predicted molar refractivity (Wildman–Crippen MR) is 106 cm³/mol. The molecule has 2 aliphatic rings. The number of carbonyl (C=O) groups is 1. The first-order valence-electron chi connectivity index (χ1n) is 10.1. The summed E-state index contributed by atoms with van der Waals surface area (Å²) in [6, 6.07) is 9.91. The van der Waals surface area contributed by atoms with Crippen LogP contribution in [0.25, 0.3) is 0 Å². The van der Waals surface area contributed by atoms with E-state index >= 15 is 0 Å². The molecule has 1 spiro atoms. The minimum atomic E-state index is -0.603. The number of likely N-dealkylation sites (tertiary alicyclic amines) is 1. The molecule has 2 aromatic rings. The van der Waals surface area contributed by atoms with Crippen molar-refractivity contribution < 1.29 is 14.6 Å². The summed E-state index contributed by atoms with van der Waals surface area (Å²) in [6.07, 6.45) is 3.74. The molecule has 7 heteroatoms. The van der Waals surface area contributed by atoms with Crippen molar-refractivity contribution in [1.82, 2.24) is 14.7 Å². The van der Waals surface area contributed by atoms with E-state index in [0.717, 1.165) is 25.1 Å². The van der Waals surface area contributed by atoms with Gasteiger partial charge in [-0.15, -0.1) is 0 Å². The number of hydrogen-bond donors (Lipinski definition) is 2. The zero-order chi connectivity index (χ0) is 19.6. The zero-order valence-electron chi connectivity index (χ0n) is 16.3. The Morgan fingerprint density at radius 2 is 2.07 bits per heavy atom. The molecule has 28 heavy (non-hydrogen) atoms. The Morgan fingerprint density at radius 1 is 1.32 bits per heavy atom. The lowest BCUT2D eigenvalue weighted by Crippen LogP contribution is -2.51. The van der Waals surface area contributed by atoms with Gasteiger partial charge in [0.1, 0.15) is 17.4 Å².